The van der Waals surface area contributed by atoms with Gasteiger partial charge in [0.2, 0.25) is 0 Å². The Morgan fingerprint density at radius 1 is 1.30 bits per heavy atom. The average molecular weight is 341 g/mol. The van der Waals surface area contributed by atoms with Crippen molar-refractivity contribution in [1.29, 1.82) is 0 Å². The molecule has 2 N–H and O–H groups in total. The molecule has 1 aliphatic heterocycles. The summed E-state index contributed by atoms with van der Waals surface area (Å²) in [6, 6.07) is 6.22. The summed E-state index contributed by atoms with van der Waals surface area (Å²) in [6.45, 7) is 5.27. The summed E-state index contributed by atoms with van der Waals surface area (Å²) in [6.07, 6.45) is -0.977. The van der Waals surface area contributed by atoms with Crippen molar-refractivity contribution in [3.05, 3.63) is 29.3 Å². The zero-order chi connectivity index (χ0) is 17.2. The van der Waals surface area contributed by atoms with E-state index in [1.54, 1.807) is 31.2 Å². The van der Waals surface area contributed by atoms with E-state index < -0.39 is 17.7 Å². The number of urea groups is 1. The molecule has 2 rings (SSSR count). The van der Waals surface area contributed by atoms with Crippen LogP contribution in [0.3, 0.4) is 0 Å². The van der Waals surface area contributed by atoms with Gasteiger partial charge in [-0.15, -0.1) is 0 Å². The fraction of sp³-hybridized carbons (Fsp3) is 0.500. The van der Waals surface area contributed by atoms with E-state index in [1.807, 2.05) is 13.8 Å². The number of amides is 3. The lowest BCUT2D eigenvalue weighted by atomic mass is 9.88. The summed E-state index contributed by atoms with van der Waals surface area (Å²) < 4.78 is 5.42. The molecule has 126 valence electrons. The van der Waals surface area contributed by atoms with Crippen molar-refractivity contribution in [1.82, 2.24) is 10.2 Å². The van der Waals surface area contributed by atoms with Crippen molar-refractivity contribution in [2.75, 3.05) is 13.2 Å². The first-order chi connectivity index (χ1) is 10.7. The standard InChI is InChI=1S/C16H21ClN2O4/c1-10(2)16(3)14(21)19(15(22)18-16)8-12(20)9-23-13-6-4-11(17)5-7-13/h4-7,10,12,20H,8-9H2,1-3H3,(H,18,22)/t12-,16-/m0/s1. The Kier molecular flexibility index (Phi) is 5.16. The largest absolute Gasteiger partial charge is 0.491 e. The van der Waals surface area contributed by atoms with Crippen LogP contribution in [-0.4, -0.2) is 46.7 Å². The summed E-state index contributed by atoms with van der Waals surface area (Å²) in [5.41, 5.74) is -0.937. The second-order valence-electron chi connectivity index (χ2n) is 6.12. The van der Waals surface area contributed by atoms with E-state index >= 15 is 0 Å². The van der Waals surface area contributed by atoms with Gasteiger partial charge in [0.1, 0.15) is 24.0 Å². The van der Waals surface area contributed by atoms with E-state index in [9.17, 15) is 14.7 Å². The van der Waals surface area contributed by atoms with Crippen LogP contribution in [-0.2, 0) is 4.79 Å². The number of nitrogens with zero attached hydrogens (tertiary/aromatic N) is 1. The Hall–Kier alpha value is -1.79. The second-order valence-corrected chi connectivity index (χ2v) is 6.56. The van der Waals surface area contributed by atoms with E-state index in [-0.39, 0.29) is 25.0 Å². The van der Waals surface area contributed by atoms with Crippen LogP contribution in [0, 0.1) is 5.92 Å². The first-order valence-corrected chi connectivity index (χ1v) is 7.82. The van der Waals surface area contributed by atoms with Gasteiger partial charge in [-0.25, -0.2) is 4.79 Å². The number of nitrogens with one attached hydrogen (secondary N) is 1. The molecule has 0 aliphatic carbocycles. The van der Waals surface area contributed by atoms with Crippen LogP contribution < -0.4 is 10.1 Å². The van der Waals surface area contributed by atoms with Crippen molar-refractivity contribution in [3.63, 3.8) is 0 Å². The number of benzene rings is 1. The monoisotopic (exact) mass is 340 g/mol. The third kappa shape index (κ3) is 3.76. The molecule has 1 aromatic rings. The fourth-order valence-corrected chi connectivity index (χ4v) is 2.39. The summed E-state index contributed by atoms with van der Waals surface area (Å²) in [7, 11) is 0. The molecule has 0 spiro atoms. The maximum Gasteiger partial charge on any atom is 0.325 e. The molecule has 23 heavy (non-hydrogen) atoms. The zero-order valence-electron chi connectivity index (χ0n) is 13.4. The van der Waals surface area contributed by atoms with Crippen molar-refractivity contribution in [2.24, 2.45) is 5.92 Å². The first kappa shape index (κ1) is 17.6. The number of aliphatic hydroxyl groups excluding tert-OH is 1. The highest BCUT2D eigenvalue weighted by molar-refractivity contribution is 6.30. The van der Waals surface area contributed by atoms with E-state index in [0.717, 1.165) is 4.90 Å². The zero-order valence-corrected chi connectivity index (χ0v) is 14.1. The fourth-order valence-electron chi connectivity index (χ4n) is 2.26. The summed E-state index contributed by atoms with van der Waals surface area (Å²) in [4.78, 5) is 25.4. The molecule has 0 bridgehead atoms. The molecule has 1 aromatic carbocycles. The van der Waals surface area contributed by atoms with Crippen LogP contribution in [0.4, 0.5) is 4.79 Å². The van der Waals surface area contributed by atoms with Crippen molar-refractivity contribution < 1.29 is 19.4 Å². The predicted octanol–water partition coefficient (Wildman–Crippen LogP) is 2.05. The minimum atomic E-state index is -0.977. The van der Waals surface area contributed by atoms with Gasteiger partial charge in [0.25, 0.3) is 5.91 Å². The quantitative estimate of drug-likeness (QED) is 0.777. The van der Waals surface area contributed by atoms with Crippen LogP contribution >= 0.6 is 11.6 Å². The smallest absolute Gasteiger partial charge is 0.325 e. The number of imide groups is 1. The van der Waals surface area contributed by atoms with Crippen LogP contribution in [0.5, 0.6) is 5.75 Å². The highest BCUT2D eigenvalue weighted by atomic mass is 35.5. The van der Waals surface area contributed by atoms with Gasteiger partial charge in [-0.1, -0.05) is 25.4 Å². The molecule has 1 saturated heterocycles. The Bertz CT molecular complexity index is 590. The van der Waals surface area contributed by atoms with Gasteiger partial charge in [0.05, 0.1) is 6.54 Å². The molecule has 1 heterocycles. The van der Waals surface area contributed by atoms with E-state index in [4.69, 9.17) is 16.3 Å². The molecular weight excluding hydrogens is 320 g/mol. The van der Waals surface area contributed by atoms with E-state index in [2.05, 4.69) is 5.32 Å². The summed E-state index contributed by atoms with van der Waals surface area (Å²) in [5, 5.41) is 13.3. The van der Waals surface area contributed by atoms with Crippen LogP contribution in [0.25, 0.3) is 0 Å². The third-order valence-electron chi connectivity index (χ3n) is 4.11. The normalized spacial score (nSPS) is 22.4. The lowest BCUT2D eigenvalue weighted by Crippen LogP contribution is -2.49. The molecule has 0 radical (unpaired) electrons. The lowest BCUT2D eigenvalue weighted by molar-refractivity contribution is -0.133. The third-order valence-corrected chi connectivity index (χ3v) is 4.36. The SMILES string of the molecule is CC(C)[C@]1(C)NC(=O)N(C[C@H](O)COc2ccc(Cl)cc2)C1=O. The summed E-state index contributed by atoms with van der Waals surface area (Å²) in [5.74, 6) is 0.173. The highest BCUT2D eigenvalue weighted by Gasteiger charge is 2.49. The van der Waals surface area contributed by atoms with Gasteiger partial charge >= 0.3 is 6.03 Å². The number of ether oxygens (including phenoxy) is 1. The molecule has 6 nitrogen and oxygen atoms in total. The molecule has 7 heteroatoms. The van der Waals surface area contributed by atoms with Crippen molar-refractivity contribution in [3.8, 4) is 5.75 Å². The molecule has 0 aromatic heterocycles. The maximum absolute atomic E-state index is 12.4. The van der Waals surface area contributed by atoms with Crippen molar-refractivity contribution in [2.45, 2.75) is 32.4 Å². The van der Waals surface area contributed by atoms with Gasteiger partial charge in [0, 0.05) is 5.02 Å². The average Bonchev–Trinajstić information content (AvgIpc) is 2.71. The van der Waals surface area contributed by atoms with Crippen LogP contribution in [0.15, 0.2) is 24.3 Å². The predicted molar refractivity (Wildman–Crippen MR) is 86.4 cm³/mol. The van der Waals surface area contributed by atoms with Crippen LogP contribution in [0.2, 0.25) is 5.02 Å². The maximum atomic E-state index is 12.4. The number of aliphatic hydroxyl groups is 1. The van der Waals surface area contributed by atoms with Gasteiger partial charge in [0.15, 0.2) is 0 Å². The minimum Gasteiger partial charge on any atom is -0.491 e. The van der Waals surface area contributed by atoms with E-state index in [0.29, 0.717) is 10.8 Å². The number of carbonyl (C=O) groups excluding carboxylic acids is 2. The Morgan fingerprint density at radius 2 is 1.91 bits per heavy atom. The topological polar surface area (TPSA) is 78.9 Å². The Morgan fingerprint density at radius 3 is 2.43 bits per heavy atom. The highest BCUT2D eigenvalue weighted by Crippen LogP contribution is 2.25. The molecule has 0 saturated carbocycles. The molecular formula is C16H21ClN2O4. The molecule has 3 amide bonds. The lowest BCUT2D eigenvalue weighted by Gasteiger charge is -2.26. The van der Waals surface area contributed by atoms with Crippen LogP contribution in [0.1, 0.15) is 20.8 Å². The number of halogens is 1. The first-order valence-electron chi connectivity index (χ1n) is 7.44. The molecule has 2 atom stereocenters. The molecule has 1 fully saturated rings. The number of hydrogen-bond donors (Lipinski definition) is 2. The minimum absolute atomic E-state index is 0.0307. The van der Waals surface area contributed by atoms with Gasteiger partial charge in [-0.2, -0.15) is 0 Å². The number of rotatable bonds is 6. The molecule has 0 unspecified atom stereocenters. The van der Waals surface area contributed by atoms with Gasteiger partial charge in [-0.05, 0) is 37.1 Å². The van der Waals surface area contributed by atoms with Gasteiger partial charge in [-0.3, -0.25) is 9.69 Å². The number of β-amino-alcohol motifs (C(OH)–C–C–N with tert-alkyl or cyclic N) is 1. The molecule has 1 aliphatic rings. The Labute approximate surface area is 140 Å². The van der Waals surface area contributed by atoms with E-state index in [1.165, 1.54) is 0 Å². The number of hydrogen-bond acceptors (Lipinski definition) is 4. The number of carbonyl (C=O) groups is 2. The second kappa shape index (κ2) is 6.76. The summed E-state index contributed by atoms with van der Waals surface area (Å²) >= 11 is 5.78. The van der Waals surface area contributed by atoms with Gasteiger partial charge < -0.3 is 15.2 Å². The Balaban J connectivity index is 1.92. The van der Waals surface area contributed by atoms with Crippen molar-refractivity contribution >= 4 is 23.5 Å².